The molecular weight excluding hydrogens is 403 g/mol. The smallest absolute Gasteiger partial charge is 0.255 e. The zero-order valence-corrected chi connectivity index (χ0v) is 14.0. The third-order valence-corrected chi connectivity index (χ3v) is 3.85. The first-order valence-electron chi connectivity index (χ1n) is 6.23. The Hall–Kier alpha value is -1.47. The molecule has 4 nitrogen and oxygen atoms in total. The Morgan fingerprint density at radius 2 is 1.95 bits per heavy atom. The van der Waals surface area contributed by atoms with Gasteiger partial charge >= 0.3 is 0 Å². The first-order valence-corrected chi connectivity index (χ1v) is 7.69. The fourth-order valence-electron chi connectivity index (χ4n) is 1.69. The van der Waals surface area contributed by atoms with E-state index in [1.165, 1.54) is 0 Å². The Kier molecular flexibility index (Phi) is 5.69. The third-order valence-electron chi connectivity index (χ3n) is 2.72. The number of halogens is 2. The highest BCUT2D eigenvalue weighted by atomic mass is 127. The van der Waals surface area contributed by atoms with E-state index >= 15 is 0 Å². The van der Waals surface area contributed by atoms with Crippen molar-refractivity contribution in [3.63, 3.8) is 0 Å². The van der Waals surface area contributed by atoms with Crippen LogP contribution in [0, 0.1) is 3.57 Å². The van der Waals surface area contributed by atoms with E-state index in [2.05, 4.69) is 27.9 Å². The number of nitrogens with one attached hydrogen (secondary N) is 1. The van der Waals surface area contributed by atoms with Crippen LogP contribution in [0.5, 0.6) is 5.75 Å². The quantitative estimate of drug-likeness (QED) is 0.709. The van der Waals surface area contributed by atoms with Crippen LogP contribution < -0.4 is 15.8 Å². The van der Waals surface area contributed by atoms with Crippen LogP contribution in [-0.4, -0.2) is 12.5 Å². The van der Waals surface area contributed by atoms with Crippen molar-refractivity contribution in [2.45, 2.75) is 6.54 Å². The molecule has 0 aliphatic carbocycles. The molecule has 0 saturated carbocycles. The van der Waals surface area contributed by atoms with Crippen LogP contribution in [-0.2, 0) is 11.3 Å². The van der Waals surface area contributed by atoms with Crippen molar-refractivity contribution in [1.82, 2.24) is 0 Å². The largest absolute Gasteiger partial charge is 0.484 e. The minimum Gasteiger partial charge on any atom is -0.484 e. The predicted molar refractivity (Wildman–Crippen MR) is 92.6 cm³/mol. The number of nitrogens with two attached hydrogens (primary N) is 1. The molecule has 0 spiro atoms. The summed E-state index contributed by atoms with van der Waals surface area (Å²) in [6.07, 6.45) is 0. The van der Waals surface area contributed by atoms with Crippen molar-refractivity contribution in [3.05, 3.63) is 56.6 Å². The van der Waals surface area contributed by atoms with Crippen LogP contribution in [0.1, 0.15) is 5.56 Å². The minimum atomic E-state index is -0.488. The molecule has 2 rings (SSSR count). The Bertz CT molecular complexity index is 632. The van der Waals surface area contributed by atoms with Gasteiger partial charge in [-0.1, -0.05) is 23.7 Å². The molecule has 0 saturated heterocycles. The van der Waals surface area contributed by atoms with E-state index in [9.17, 15) is 4.79 Å². The second-order valence-electron chi connectivity index (χ2n) is 4.38. The maximum atomic E-state index is 10.6. The van der Waals surface area contributed by atoms with Crippen LogP contribution >= 0.6 is 34.2 Å². The van der Waals surface area contributed by atoms with Gasteiger partial charge in [0.2, 0.25) is 0 Å². The number of hydrogen-bond donors (Lipinski definition) is 2. The highest BCUT2D eigenvalue weighted by molar-refractivity contribution is 14.1. The number of carbonyl (C=O) groups excluding carboxylic acids is 1. The van der Waals surface area contributed by atoms with Crippen molar-refractivity contribution in [2.75, 3.05) is 11.9 Å². The summed E-state index contributed by atoms with van der Waals surface area (Å²) in [5.41, 5.74) is 7.16. The fourth-order valence-corrected chi connectivity index (χ4v) is 2.75. The predicted octanol–water partition coefficient (Wildman–Crippen LogP) is 3.42. The van der Waals surface area contributed by atoms with E-state index in [4.69, 9.17) is 22.1 Å². The van der Waals surface area contributed by atoms with Crippen molar-refractivity contribution >= 4 is 45.8 Å². The van der Waals surface area contributed by atoms with Crippen molar-refractivity contribution < 1.29 is 9.53 Å². The van der Waals surface area contributed by atoms with E-state index in [-0.39, 0.29) is 6.61 Å². The second kappa shape index (κ2) is 7.51. The summed E-state index contributed by atoms with van der Waals surface area (Å²) in [4.78, 5) is 10.6. The van der Waals surface area contributed by atoms with Gasteiger partial charge in [-0.15, -0.1) is 0 Å². The van der Waals surface area contributed by atoms with Gasteiger partial charge in [-0.2, -0.15) is 0 Å². The summed E-state index contributed by atoms with van der Waals surface area (Å²) in [7, 11) is 0. The van der Waals surface area contributed by atoms with Gasteiger partial charge in [0.05, 0.1) is 0 Å². The van der Waals surface area contributed by atoms with E-state index < -0.39 is 5.91 Å². The number of primary amides is 1. The molecule has 0 aliphatic rings. The summed E-state index contributed by atoms with van der Waals surface area (Å²) in [6.45, 7) is 0.578. The molecule has 0 aliphatic heterocycles. The molecular formula is C15H14ClIN2O2. The number of rotatable bonds is 6. The average Bonchev–Trinajstić information content (AvgIpc) is 2.45. The van der Waals surface area contributed by atoms with Crippen LogP contribution in [0.4, 0.5) is 5.69 Å². The summed E-state index contributed by atoms with van der Waals surface area (Å²) < 4.78 is 6.28. The van der Waals surface area contributed by atoms with Gasteiger partial charge in [0, 0.05) is 20.8 Å². The lowest BCUT2D eigenvalue weighted by Gasteiger charge is -2.10. The van der Waals surface area contributed by atoms with E-state index in [0.29, 0.717) is 12.3 Å². The van der Waals surface area contributed by atoms with Crippen LogP contribution in [0.3, 0.4) is 0 Å². The average molecular weight is 417 g/mol. The monoisotopic (exact) mass is 416 g/mol. The standard InChI is InChI=1S/C15H14ClIN2O2/c16-11-3-6-14(13(17)7-11)19-8-10-1-4-12(5-2-10)21-9-15(18)20/h1-7,19H,8-9H2,(H2,18,20). The summed E-state index contributed by atoms with van der Waals surface area (Å²) in [5.74, 6) is 0.136. The lowest BCUT2D eigenvalue weighted by Crippen LogP contribution is -2.19. The molecule has 0 heterocycles. The maximum Gasteiger partial charge on any atom is 0.255 e. The van der Waals surface area contributed by atoms with Gasteiger partial charge in [-0.3, -0.25) is 4.79 Å². The topological polar surface area (TPSA) is 64.4 Å². The zero-order valence-electron chi connectivity index (χ0n) is 11.1. The molecule has 21 heavy (non-hydrogen) atoms. The number of ether oxygens (including phenoxy) is 1. The Morgan fingerprint density at radius 1 is 1.24 bits per heavy atom. The second-order valence-corrected chi connectivity index (χ2v) is 5.98. The van der Waals surface area contributed by atoms with Crippen molar-refractivity contribution in [2.24, 2.45) is 5.73 Å². The summed E-state index contributed by atoms with van der Waals surface area (Å²) in [5, 5.41) is 4.07. The zero-order chi connectivity index (χ0) is 15.2. The molecule has 0 bridgehead atoms. The van der Waals surface area contributed by atoms with Gasteiger partial charge in [-0.25, -0.2) is 0 Å². The maximum absolute atomic E-state index is 10.6. The number of carbonyl (C=O) groups is 1. The summed E-state index contributed by atoms with van der Waals surface area (Å²) >= 11 is 8.16. The molecule has 1 amide bonds. The SMILES string of the molecule is NC(=O)COc1ccc(CNc2ccc(Cl)cc2I)cc1. The Balaban J connectivity index is 1.92. The van der Waals surface area contributed by atoms with Crippen LogP contribution in [0.15, 0.2) is 42.5 Å². The molecule has 0 atom stereocenters. The number of hydrogen-bond acceptors (Lipinski definition) is 3. The molecule has 2 aromatic rings. The lowest BCUT2D eigenvalue weighted by atomic mass is 10.2. The van der Waals surface area contributed by atoms with Gasteiger partial charge < -0.3 is 15.8 Å². The van der Waals surface area contributed by atoms with Crippen LogP contribution in [0.2, 0.25) is 5.02 Å². The molecule has 6 heteroatoms. The number of amides is 1. The molecule has 0 radical (unpaired) electrons. The highest BCUT2D eigenvalue weighted by Crippen LogP contribution is 2.23. The van der Waals surface area contributed by atoms with E-state index in [1.54, 1.807) is 0 Å². The molecule has 0 unspecified atom stereocenters. The Labute approximate surface area is 141 Å². The lowest BCUT2D eigenvalue weighted by molar-refractivity contribution is -0.119. The first-order chi connectivity index (χ1) is 10.0. The molecule has 2 aromatic carbocycles. The minimum absolute atomic E-state index is 0.111. The molecule has 110 valence electrons. The van der Waals surface area contributed by atoms with Crippen molar-refractivity contribution in [3.8, 4) is 5.75 Å². The third kappa shape index (κ3) is 5.09. The molecule has 0 fully saturated rings. The molecule has 3 N–H and O–H groups in total. The van der Waals surface area contributed by atoms with Gasteiger partial charge in [-0.05, 0) is 58.5 Å². The fraction of sp³-hybridized carbons (Fsp3) is 0.133. The highest BCUT2D eigenvalue weighted by Gasteiger charge is 2.01. The molecule has 0 aromatic heterocycles. The van der Waals surface area contributed by atoms with Gasteiger partial charge in [0.25, 0.3) is 5.91 Å². The van der Waals surface area contributed by atoms with Crippen LogP contribution in [0.25, 0.3) is 0 Å². The Morgan fingerprint density at radius 3 is 2.57 bits per heavy atom. The van der Waals surface area contributed by atoms with Gasteiger partial charge in [0.15, 0.2) is 6.61 Å². The van der Waals surface area contributed by atoms with Crippen molar-refractivity contribution in [1.29, 1.82) is 0 Å². The van der Waals surface area contributed by atoms with E-state index in [0.717, 1.165) is 19.8 Å². The number of anilines is 1. The number of benzene rings is 2. The van der Waals surface area contributed by atoms with E-state index in [1.807, 2.05) is 42.5 Å². The first kappa shape index (κ1) is 15.9. The van der Waals surface area contributed by atoms with Gasteiger partial charge in [0.1, 0.15) is 5.75 Å². The summed E-state index contributed by atoms with van der Waals surface area (Å²) in [6, 6.07) is 13.2. The normalized spacial score (nSPS) is 10.2.